The van der Waals surface area contributed by atoms with Crippen LogP contribution in [0.25, 0.3) is 0 Å². The van der Waals surface area contributed by atoms with Crippen molar-refractivity contribution in [2.45, 2.75) is 0 Å². The molecule has 0 aliphatic heterocycles. The third-order valence-corrected chi connectivity index (χ3v) is 0. The van der Waals surface area contributed by atoms with Gasteiger partial charge in [0.25, 0.3) is 0 Å². The first-order valence-electron chi connectivity index (χ1n) is 1.63. The van der Waals surface area contributed by atoms with Crippen LogP contribution in [0.3, 0.4) is 0 Å². The molecule has 0 nitrogen and oxygen atoms in total. The fraction of sp³-hybridized carbons (Fsp3) is 0. The van der Waals surface area contributed by atoms with Gasteiger partial charge in [0.1, 0.15) is 0 Å². The van der Waals surface area contributed by atoms with Crippen molar-refractivity contribution in [1.29, 1.82) is 0 Å². The standard InChI is InChI=1S/2C3H5.Cu.Li/c2*1-3-2;;/h2*3H,1-2H2;;/q2*-1;2*+1. The van der Waals surface area contributed by atoms with Crippen molar-refractivity contribution < 1.29 is 35.9 Å². The first-order valence-corrected chi connectivity index (χ1v) is 1.63. The summed E-state index contributed by atoms with van der Waals surface area (Å²) < 4.78 is 0. The molecule has 0 N–H and O–H groups in total. The SMILES string of the molecule is C=C[CH2-].C=C[CH2-].[Cu+].[Li+]. The Bertz CT molecular complexity index is 29.5. The molecule has 0 amide bonds. The minimum absolute atomic E-state index is 0. The molecule has 2 heteroatoms. The molecule has 0 fully saturated rings. The van der Waals surface area contributed by atoms with Crippen molar-refractivity contribution in [1.82, 2.24) is 0 Å². The Labute approximate surface area is 75.1 Å². The second-order valence-electron chi connectivity index (χ2n) is 0.577. The molecule has 0 atom stereocenters. The molecular formula is C6H10CuLi. The minimum Gasteiger partial charge on any atom is -0.245 e. The maximum absolute atomic E-state index is 3.25. The van der Waals surface area contributed by atoms with Crippen LogP contribution in [0.15, 0.2) is 25.3 Å². The fourth-order valence-corrected chi connectivity index (χ4v) is 0. The average molecular weight is 153 g/mol. The molecule has 0 unspecified atom stereocenters. The van der Waals surface area contributed by atoms with Crippen LogP contribution in [0, 0.1) is 13.8 Å². The molecule has 0 aliphatic rings. The van der Waals surface area contributed by atoms with Gasteiger partial charge in [0.05, 0.1) is 0 Å². The van der Waals surface area contributed by atoms with Gasteiger partial charge in [-0.2, -0.15) is 0 Å². The third kappa shape index (κ3) is 1590. The second kappa shape index (κ2) is 53.9. The number of rotatable bonds is 0. The van der Waals surface area contributed by atoms with Crippen molar-refractivity contribution in [3.63, 3.8) is 0 Å². The molecule has 0 aromatic heterocycles. The number of hydrogen-bond donors (Lipinski definition) is 0. The van der Waals surface area contributed by atoms with Gasteiger partial charge in [0.2, 0.25) is 0 Å². The summed E-state index contributed by atoms with van der Waals surface area (Å²) in [5.74, 6) is 0. The molecule has 0 aromatic carbocycles. The van der Waals surface area contributed by atoms with Crippen LogP contribution in [0.1, 0.15) is 0 Å². The third-order valence-electron chi connectivity index (χ3n) is 0. The van der Waals surface area contributed by atoms with E-state index in [1.807, 2.05) is 0 Å². The molecular weight excluding hydrogens is 143 g/mol. The Kier molecular flexibility index (Phi) is 161. The monoisotopic (exact) mass is 152 g/mol. The van der Waals surface area contributed by atoms with Gasteiger partial charge in [-0.1, -0.05) is 0 Å². The van der Waals surface area contributed by atoms with Gasteiger partial charge < -0.3 is 0 Å². The fourth-order valence-electron chi connectivity index (χ4n) is 0. The molecule has 0 saturated carbocycles. The molecule has 0 aliphatic carbocycles. The molecule has 0 saturated heterocycles. The number of hydrogen-bond acceptors (Lipinski definition) is 0. The van der Waals surface area contributed by atoms with Crippen molar-refractivity contribution in [3.8, 4) is 0 Å². The first-order chi connectivity index (χ1) is 2.83. The first kappa shape index (κ1) is 23.9. The Morgan fingerprint density at radius 2 is 1.00 bits per heavy atom. The van der Waals surface area contributed by atoms with E-state index in [1.165, 1.54) is 12.2 Å². The minimum atomic E-state index is 0. The average Bonchev–Trinajstić information content (AvgIpc) is 1.39. The molecule has 8 heavy (non-hydrogen) atoms. The molecule has 46 valence electrons. The predicted molar refractivity (Wildman–Crippen MR) is 31.1 cm³/mol. The smallest absolute Gasteiger partial charge is 0.245 e. The van der Waals surface area contributed by atoms with Crippen LogP contribution < -0.4 is 18.9 Å². The van der Waals surface area contributed by atoms with Crippen molar-refractivity contribution in [2.75, 3.05) is 0 Å². The van der Waals surface area contributed by atoms with Crippen molar-refractivity contribution in [3.05, 3.63) is 39.2 Å². The molecule has 0 bridgehead atoms. The van der Waals surface area contributed by atoms with E-state index in [0.29, 0.717) is 0 Å². The van der Waals surface area contributed by atoms with E-state index in [1.54, 1.807) is 0 Å². The Balaban J connectivity index is -0.0000000160. The van der Waals surface area contributed by atoms with E-state index in [4.69, 9.17) is 0 Å². The summed E-state index contributed by atoms with van der Waals surface area (Å²) >= 11 is 0. The molecule has 0 radical (unpaired) electrons. The van der Waals surface area contributed by atoms with Gasteiger partial charge in [0, 0.05) is 0 Å². The zero-order valence-electron chi connectivity index (χ0n) is 5.28. The van der Waals surface area contributed by atoms with Crippen LogP contribution in [0.4, 0.5) is 0 Å². The second-order valence-corrected chi connectivity index (χ2v) is 0.577. The van der Waals surface area contributed by atoms with Gasteiger partial charge in [-0.3, -0.25) is 0 Å². The van der Waals surface area contributed by atoms with Crippen molar-refractivity contribution in [2.24, 2.45) is 0 Å². The van der Waals surface area contributed by atoms with Gasteiger partial charge in [-0.15, -0.1) is 0 Å². The Morgan fingerprint density at radius 1 is 1.00 bits per heavy atom. The molecule has 0 rings (SSSR count). The van der Waals surface area contributed by atoms with Gasteiger partial charge in [0.15, 0.2) is 0 Å². The van der Waals surface area contributed by atoms with Crippen LogP contribution in [-0.2, 0) is 17.1 Å². The summed E-state index contributed by atoms with van der Waals surface area (Å²) in [4.78, 5) is 0. The van der Waals surface area contributed by atoms with E-state index >= 15 is 0 Å². The van der Waals surface area contributed by atoms with Crippen LogP contribution in [-0.4, -0.2) is 0 Å². The van der Waals surface area contributed by atoms with E-state index < -0.39 is 0 Å². The van der Waals surface area contributed by atoms with Gasteiger partial charge >= 0.3 is 35.9 Å². The van der Waals surface area contributed by atoms with E-state index in [2.05, 4.69) is 27.0 Å². The van der Waals surface area contributed by atoms with Crippen LogP contribution in [0.2, 0.25) is 0 Å². The van der Waals surface area contributed by atoms with Gasteiger partial charge in [-0.05, 0) is 0 Å². The normalized spacial score (nSPS) is 3.00. The zero-order valence-corrected chi connectivity index (χ0v) is 6.23. The summed E-state index contributed by atoms with van der Waals surface area (Å²) in [7, 11) is 0. The maximum atomic E-state index is 3.25. The number of allylic oxidation sites excluding steroid dienone is 2. The largest absolute Gasteiger partial charge is 1.00 e. The molecule has 0 aromatic rings. The van der Waals surface area contributed by atoms with E-state index in [-0.39, 0.29) is 35.9 Å². The Morgan fingerprint density at radius 3 is 1.00 bits per heavy atom. The Hall–Kier alpha value is 0.337. The van der Waals surface area contributed by atoms with E-state index in [0.717, 1.165) is 0 Å². The quantitative estimate of drug-likeness (QED) is 0.309. The zero-order chi connectivity index (χ0) is 5.41. The summed E-state index contributed by atoms with van der Waals surface area (Å²) in [6.45, 7) is 13.0. The summed E-state index contributed by atoms with van der Waals surface area (Å²) in [6.07, 6.45) is 3.00. The van der Waals surface area contributed by atoms with Crippen LogP contribution in [0.5, 0.6) is 0 Å². The predicted octanol–water partition coefficient (Wildman–Crippen LogP) is -0.986. The van der Waals surface area contributed by atoms with Crippen molar-refractivity contribution >= 4 is 0 Å². The van der Waals surface area contributed by atoms with Gasteiger partial charge in [-0.25, -0.2) is 39.2 Å². The maximum Gasteiger partial charge on any atom is 1.00 e. The molecule has 0 spiro atoms. The van der Waals surface area contributed by atoms with E-state index in [9.17, 15) is 0 Å². The topological polar surface area (TPSA) is 0 Å². The summed E-state index contributed by atoms with van der Waals surface area (Å²) in [6, 6.07) is 0. The summed E-state index contributed by atoms with van der Waals surface area (Å²) in [5.41, 5.74) is 0. The summed E-state index contributed by atoms with van der Waals surface area (Å²) in [5, 5.41) is 0. The molecule has 0 heterocycles. The van der Waals surface area contributed by atoms with Crippen LogP contribution >= 0.6 is 0 Å².